The lowest BCUT2D eigenvalue weighted by atomic mass is 9.87. The van der Waals surface area contributed by atoms with Crippen LogP contribution in [0.5, 0.6) is 0 Å². The molecule has 3 heteroatoms. The first kappa shape index (κ1) is 11.2. The molecule has 0 aliphatic carbocycles. The molecular formula is C14H17NOS. The number of rotatable bonds is 2. The number of nitrogens with two attached hydrogens (primary N) is 1. The van der Waals surface area contributed by atoms with Gasteiger partial charge >= 0.3 is 0 Å². The molecule has 1 aromatic carbocycles. The average molecular weight is 247 g/mol. The van der Waals surface area contributed by atoms with Gasteiger partial charge in [0, 0.05) is 22.6 Å². The van der Waals surface area contributed by atoms with E-state index in [-0.39, 0.29) is 6.04 Å². The Morgan fingerprint density at radius 3 is 3.06 bits per heavy atom. The van der Waals surface area contributed by atoms with E-state index in [1.165, 1.54) is 16.0 Å². The molecule has 90 valence electrons. The molecule has 2 nitrogen and oxygen atoms in total. The summed E-state index contributed by atoms with van der Waals surface area (Å²) in [5.74, 6) is 1.54. The first-order valence-corrected chi connectivity index (χ1v) is 7.12. The van der Waals surface area contributed by atoms with Crippen molar-refractivity contribution in [2.24, 2.45) is 5.73 Å². The fourth-order valence-electron chi connectivity index (χ4n) is 2.57. The third-order valence-corrected chi connectivity index (χ3v) is 4.77. The van der Waals surface area contributed by atoms with Gasteiger partial charge in [-0.1, -0.05) is 18.2 Å². The zero-order valence-electron chi connectivity index (χ0n) is 9.76. The molecule has 0 saturated heterocycles. The summed E-state index contributed by atoms with van der Waals surface area (Å²) in [4.78, 5) is 1.39. The molecule has 2 atom stereocenters. The summed E-state index contributed by atoms with van der Waals surface area (Å²) in [5, 5.41) is 0. The second-order valence-electron chi connectivity index (χ2n) is 4.65. The zero-order valence-corrected chi connectivity index (χ0v) is 10.6. The van der Waals surface area contributed by atoms with Gasteiger partial charge in [-0.25, -0.2) is 0 Å². The molecule has 2 unspecified atom stereocenters. The van der Waals surface area contributed by atoms with Crippen molar-refractivity contribution in [3.8, 4) is 0 Å². The topological polar surface area (TPSA) is 35.2 Å². The first-order chi connectivity index (χ1) is 8.36. The highest BCUT2D eigenvalue weighted by Gasteiger charge is 2.30. The third-order valence-electron chi connectivity index (χ3n) is 3.56. The summed E-state index contributed by atoms with van der Waals surface area (Å²) >= 11 is 1.92. The van der Waals surface area contributed by atoms with Gasteiger partial charge in [-0.2, -0.15) is 0 Å². The van der Waals surface area contributed by atoms with Crippen LogP contribution in [0, 0.1) is 0 Å². The highest BCUT2D eigenvalue weighted by Crippen LogP contribution is 2.42. The fraction of sp³-hybridized carbons (Fsp3) is 0.429. The predicted octanol–water partition coefficient (Wildman–Crippen LogP) is 2.90. The molecule has 0 spiro atoms. The summed E-state index contributed by atoms with van der Waals surface area (Å²) in [6.07, 6.45) is 4.07. The smallest absolute Gasteiger partial charge is 0.0876 e. The molecule has 2 aliphatic heterocycles. The summed E-state index contributed by atoms with van der Waals surface area (Å²) < 4.78 is 5.40. The number of hydrogen-bond acceptors (Lipinski definition) is 3. The van der Waals surface area contributed by atoms with Gasteiger partial charge < -0.3 is 10.5 Å². The van der Waals surface area contributed by atoms with E-state index in [1.807, 2.05) is 18.0 Å². The van der Waals surface area contributed by atoms with E-state index in [0.29, 0.717) is 5.92 Å². The first-order valence-electron chi connectivity index (χ1n) is 6.14. The summed E-state index contributed by atoms with van der Waals surface area (Å²) in [6, 6.07) is 8.73. The van der Waals surface area contributed by atoms with Crippen LogP contribution in [0.3, 0.4) is 0 Å². The van der Waals surface area contributed by atoms with Crippen molar-refractivity contribution in [1.82, 2.24) is 0 Å². The monoisotopic (exact) mass is 247 g/mol. The standard InChI is InChI=1S/C14H17NOS/c15-14(10-4-3-7-16-8-10)12-9-17-13-6-2-1-5-11(12)13/h1-2,5-6,8,12,14H,3-4,7,9,15H2. The highest BCUT2D eigenvalue weighted by molar-refractivity contribution is 7.99. The Bertz CT molecular complexity index is 444. The number of benzene rings is 1. The highest BCUT2D eigenvalue weighted by atomic mass is 32.2. The third kappa shape index (κ3) is 2.09. The van der Waals surface area contributed by atoms with Gasteiger partial charge in [0.25, 0.3) is 0 Å². The van der Waals surface area contributed by atoms with Gasteiger partial charge in [0.1, 0.15) is 0 Å². The Kier molecular flexibility index (Phi) is 3.12. The Labute approximate surface area is 106 Å². The minimum atomic E-state index is 0.117. The molecule has 0 fully saturated rings. The molecule has 0 radical (unpaired) electrons. The van der Waals surface area contributed by atoms with Crippen LogP contribution in [0.15, 0.2) is 41.0 Å². The predicted molar refractivity (Wildman–Crippen MR) is 71.2 cm³/mol. The van der Waals surface area contributed by atoms with Crippen LogP contribution < -0.4 is 5.73 Å². The fourth-order valence-corrected chi connectivity index (χ4v) is 3.88. The van der Waals surface area contributed by atoms with Gasteiger partial charge in [-0.05, 0) is 30.0 Å². The Morgan fingerprint density at radius 1 is 1.35 bits per heavy atom. The van der Waals surface area contributed by atoms with E-state index < -0.39 is 0 Å². The van der Waals surface area contributed by atoms with Crippen molar-refractivity contribution in [1.29, 1.82) is 0 Å². The Balaban J connectivity index is 1.84. The summed E-state index contributed by atoms with van der Waals surface area (Å²) in [7, 11) is 0. The van der Waals surface area contributed by atoms with E-state index in [1.54, 1.807) is 0 Å². The van der Waals surface area contributed by atoms with Gasteiger partial charge in [-0.3, -0.25) is 0 Å². The van der Waals surface area contributed by atoms with Crippen LogP contribution in [0.4, 0.5) is 0 Å². The largest absolute Gasteiger partial charge is 0.501 e. The Hall–Kier alpha value is -0.930. The van der Waals surface area contributed by atoms with Crippen molar-refractivity contribution in [3.05, 3.63) is 41.7 Å². The molecule has 3 rings (SSSR count). The normalized spacial score (nSPS) is 24.8. The number of ether oxygens (including phenoxy) is 1. The molecule has 17 heavy (non-hydrogen) atoms. The van der Waals surface area contributed by atoms with Crippen LogP contribution >= 0.6 is 11.8 Å². The molecular weight excluding hydrogens is 230 g/mol. The van der Waals surface area contributed by atoms with Crippen molar-refractivity contribution in [3.63, 3.8) is 0 Å². The molecule has 2 heterocycles. The summed E-state index contributed by atoms with van der Waals surface area (Å²) in [5.41, 5.74) is 9.10. The van der Waals surface area contributed by atoms with Crippen LogP contribution in [-0.4, -0.2) is 18.4 Å². The lowest BCUT2D eigenvalue weighted by molar-refractivity contribution is 0.220. The van der Waals surface area contributed by atoms with Gasteiger partial charge in [-0.15, -0.1) is 11.8 Å². The van der Waals surface area contributed by atoms with Gasteiger partial charge in [0.15, 0.2) is 0 Å². The number of hydrogen-bond donors (Lipinski definition) is 1. The average Bonchev–Trinajstić information content (AvgIpc) is 2.83. The van der Waals surface area contributed by atoms with E-state index in [9.17, 15) is 0 Å². The number of fused-ring (bicyclic) bond motifs is 1. The maximum Gasteiger partial charge on any atom is 0.0876 e. The zero-order chi connectivity index (χ0) is 11.7. The maximum atomic E-state index is 6.41. The van der Waals surface area contributed by atoms with Crippen molar-refractivity contribution < 1.29 is 4.74 Å². The van der Waals surface area contributed by atoms with Crippen LogP contribution in [0.2, 0.25) is 0 Å². The molecule has 0 bridgehead atoms. The maximum absolute atomic E-state index is 6.41. The van der Waals surface area contributed by atoms with Crippen LogP contribution in [0.1, 0.15) is 24.3 Å². The molecule has 0 saturated carbocycles. The van der Waals surface area contributed by atoms with Gasteiger partial charge in [0.05, 0.1) is 12.9 Å². The Morgan fingerprint density at radius 2 is 2.24 bits per heavy atom. The van der Waals surface area contributed by atoms with E-state index in [0.717, 1.165) is 25.2 Å². The van der Waals surface area contributed by atoms with E-state index in [2.05, 4.69) is 24.3 Å². The molecule has 2 N–H and O–H groups in total. The van der Waals surface area contributed by atoms with Crippen molar-refractivity contribution in [2.75, 3.05) is 12.4 Å². The molecule has 2 aliphatic rings. The van der Waals surface area contributed by atoms with Crippen molar-refractivity contribution in [2.45, 2.75) is 29.7 Å². The SMILES string of the molecule is NC(C1=COCCC1)C1CSc2ccccc21. The van der Waals surface area contributed by atoms with E-state index >= 15 is 0 Å². The van der Waals surface area contributed by atoms with Crippen LogP contribution in [-0.2, 0) is 4.74 Å². The lowest BCUT2D eigenvalue weighted by Gasteiger charge is -2.25. The molecule has 0 aromatic heterocycles. The minimum Gasteiger partial charge on any atom is -0.501 e. The van der Waals surface area contributed by atoms with Crippen molar-refractivity contribution >= 4 is 11.8 Å². The summed E-state index contributed by atoms with van der Waals surface area (Å²) in [6.45, 7) is 0.840. The molecule has 0 amide bonds. The second-order valence-corrected chi connectivity index (χ2v) is 5.71. The number of thioether (sulfide) groups is 1. The van der Waals surface area contributed by atoms with Gasteiger partial charge in [0.2, 0.25) is 0 Å². The molecule has 1 aromatic rings. The lowest BCUT2D eigenvalue weighted by Crippen LogP contribution is -2.32. The minimum absolute atomic E-state index is 0.117. The second kappa shape index (κ2) is 4.75. The quantitative estimate of drug-likeness (QED) is 0.872. The van der Waals surface area contributed by atoms with Crippen LogP contribution in [0.25, 0.3) is 0 Å². The van der Waals surface area contributed by atoms with E-state index in [4.69, 9.17) is 10.5 Å².